The van der Waals surface area contributed by atoms with Gasteiger partial charge in [0.25, 0.3) is 5.91 Å². The predicted molar refractivity (Wildman–Crippen MR) is 91.1 cm³/mol. The van der Waals surface area contributed by atoms with Gasteiger partial charge < -0.3 is 14.6 Å². The maximum absolute atomic E-state index is 12.9. The van der Waals surface area contributed by atoms with Crippen LogP contribution in [0.25, 0.3) is 0 Å². The Morgan fingerprint density at radius 2 is 2.04 bits per heavy atom. The lowest BCUT2D eigenvalue weighted by atomic mass is 9.92. The zero-order chi connectivity index (χ0) is 16.7. The number of nitrogens with zero attached hydrogens (tertiary/aromatic N) is 2. The third-order valence-electron chi connectivity index (χ3n) is 5.15. The van der Waals surface area contributed by atoms with E-state index in [0.29, 0.717) is 31.2 Å². The number of rotatable bonds is 5. The molecule has 1 N–H and O–H groups in total. The first-order chi connectivity index (χ1) is 11.6. The second-order valence-electron chi connectivity index (χ2n) is 6.76. The van der Waals surface area contributed by atoms with Gasteiger partial charge in [0.05, 0.1) is 12.5 Å². The van der Waals surface area contributed by atoms with E-state index in [1.807, 2.05) is 34.3 Å². The van der Waals surface area contributed by atoms with Crippen LogP contribution in [0.15, 0.2) is 35.8 Å². The van der Waals surface area contributed by atoms with Gasteiger partial charge in [0.1, 0.15) is 5.69 Å². The Kier molecular flexibility index (Phi) is 3.92. The van der Waals surface area contributed by atoms with Gasteiger partial charge in [-0.25, -0.2) is 0 Å². The molecule has 5 nitrogen and oxygen atoms in total. The molecule has 126 valence electrons. The van der Waals surface area contributed by atoms with Crippen LogP contribution >= 0.6 is 11.3 Å². The summed E-state index contributed by atoms with van der Waals surface area (Å²) in [6, 6.07) is 7.77. The van der Waals surface area contributed by atoms with E-state index in [1.54, 1.807) is 16.2 Å². The standard InChI is InChI=1S/C18H20N2O3S/c21-17(16-4-1-7-19(16)9-13-3-2-8-24-13)20-10-14(12-5-6-12)15(11-20)18(22)23/h1-4,7-8,12,14-15H,5-6,9-11H2,(H,22,23)/t14-,15+/m1/s1. The van der Waals surface area contributed by atoms with Crippen molar-refractivity contribution >= 4 is 23.2 Å². The Morgan fingerprint density at radius 1 is 1.21 bits per heavy atom. The SMILES string of the molecule is O=C(O)[C@H]1CN(C(=O)c2cccn2Cc2cccs2)C[C@@H]1C1CC1. The van der Waals surface area contributed by atoms with Crippen LogP contribution in [-0.4, -0.2) is 39.5 Å². The van der Waals surface area contributed by atoms with E-state index in [0.717, 1.165) is 12.8 Å². The van der Waals surface area contributed by atoms with Gasteiger partial charge in [0, 0.05) is 24.2 Å². The maximum Gasteiger partial charge on any atom is 0.308 e. The van der Waals surface area contributed by atoms with Crippen molar-refractivity contribution < 1.29 is 14.7 Å². The van der Waals surface area contributed by atoms with Crippen molar-refractivity contribution in [2.75, 3.05) is 13.1 Å². The number of carbonyl (C=O) groups is 2. The molecule has 1 saturated heterocycles. The fourth-order valence-electron chi connectivity index (χ4n) is 3.74. The van der Waals surface area contributed by atoms with Crippen molar-refractivity contribution in [1.29, 1.82) is 0 Å². The van der Waals surface area contributed by atoms with Crippen LogP contribution in [0.2, 0.25) is 0 Å². The van der Waals surface area contributed by atoms with Crippen LogP contribution in [0.4, 0.5) is 0 Å². The highest BCUT2D eigenvalue weighted by atomic mass is 32.1. The number of likely N-dealkylation sites (tertiary alicyclic amines) is 1. The van der Waals surface area contributed by atoms with E-state index < -0.39 is 11.9 Å². The molecule has 0 spiro atoms. The highest BCUT2D eigenvalue weighted by molar-refractivity contribution is 7.09. The second kappa shape index (κ2) is 6.09. The molecule has 1 amide bonds. The lowest BCUT2D eigenvalue weighted by molar-refractivity contribution is -0.142. The number of hydrogen-bond donors (Lipinski definition) is 1. The summed E-state index contributed by atoms with van der Waals surface area (Å²) in [7, 11) is 0. The maximum atomic E-state index is 12.9. The average Bonchev–Trinajstić information content (AvgIpc) is 2.99. The fourth-order valence-corrected chi connectivity index (χ4v) is 4.44. The molecule has 1 saturated carbocycles. The Balaban J connectivity index is 1.52. The topological polar surface area (TPSA) is 62.5 Å². The van der Waals surface area contributed by atoms with Gasteiger partial charge in [-0.2, -0.15) is 0 Å². The molecule has 2 aromatic rings. The van der Waals surface area contributed by atoms with Crippen molar-refractivity contribution in [3.8, 4) is 0 Å². The van der Waals surface area contributed by atoms with Crippen LogP contribution in [0, 0.1) is 17.8 Å². The van der Waals surface area contributed by atoms with Crippen LogP contribution < -0.4 is 0 Å². The molecule has 24 heavy (non-hydrogen) atoms. The Bertz CT molecular complexity index is 748. The van der Waals surface area contributed by atoms with Crippen LogP contribution in [0.1, 0.15) is 28.2 Å². The first-order valence-corrected chi connectivity index (χ1v) is 9.21. The molecule has 0 bridgehead atoms. The Morgan fingerprint density at radius 3 is 2.71 bits per heavy atom. The number of carbonyl (C=O) groups excluding carboxylic acids is 1. The van der Waals surface area contributed by atoms with Gasteiger partial charge >= 0.3 is 5.97 Å². The van der Waals surface area contributed by atoms with E-state index >= 15 is 0 Å². The zero-order valence-corrected chi connectivity index (χ0v) is 14.1. The number of carboxylic acids is 1. The smallest absolute Gasteiger partial charge is 0.308 e. The van der Waals surface area contributed by atoms with Gasteiger partial charge in [0.15, 0.2) is 0 Å². The minimum atomic E-state index is -0.767. The van der Waals surface area contributed by atoms with Gasteiger partial charge in [-0.05, 0) is 48.3 Å². The molecule has 1 aliphatic heterocycles. The molecule has 2 fully saturated rings. The molecule has 2 aliphatic rings. The molecule has 2 aromatic heterocycles. The Labute approximate surface area is 144 Å². The zero-order valence-electron chi connectivity index (χ0n) is 13.3. The largest absolute Gasteiger partial charge is 0.481 e. The monoisotopic (exact) mass is 344 g/mol. The highest BCUT2D eigenvalue weighted by Crippen LogP contribution is 2.44. The minimum absolute atomic E-state index is 0.0500. The molecule has 3 heterocycles. The molecular weight excluding hydrogens is 324 g/mol. The van der Waals surface area contributed by atoms with Crippen molar-refractivity contribution in [3.05, 3.63) is 46.4 Å². The van der Waals surface area contributed by atoms with E-state index in [9.17, 15) is 14.7 Å². The third-order valence-corrected chi connectivity index (χ3v) is 6.01. The lowest BCUT2D eigenvalue weighted by Crippen LogP contribution is -2.31. The molecule has 0 radical (unpaired) electrons. The number of aromatic nitrogens is 1. The summed E-state index contributed by atoms with van der Waals surface area (Å²) in [5.74, 6) is -0.627. The highest BCUT2D eigenvalue weighted by Gasteiger charge is 2.47. The Hall–Kier alpha value is -2.08. The van der Waals surface area contributed by atoms with Crippen LogP contribution in [0.5, 0.6) is 0 Å². The number of carboxylic acid groups (broad SMARTS) is 1. The van der Waals surface area contributed by atoms with Crippen molar-refractivity contribution in [3.63, 3.8) is 0 Å². The lowest BCUT2D eigenvalue weighted by Gasteiger charge is -2.17. The molecule has 0 unspecified atom stereocenters. The van der Waals surface area contributed by atoms with Gasteiger partial charge in [0.2, 0.25) is 0 Å². The number of thiophene rings is 1. The van der Waals surface area contributed by atoms with E-state index in [1.165, 1.54) is 4.88 Å². The summed E-state index contributed by atoms with van der Waals surface area (Å²) in [5, 5.41) is 11.5. The number of aliphatic carboxylic acids is 1. The number of hydrogen-bond acceptors (Lipinski definition) is 3. The summed E-state index contributed by atoms with van der Waals surface area (Å²) < 4.78 is 1.95. The van der Waals surface area contributed by atoms with Crippen molar-refractivity contribution in [2.45, 2.75) is 19.4 Å². The van der Waals surface area contributed by atoms with Crippen molar-refractivity contribution in [1.82, 2.24) is 9.47 Å². The molecular formula is C18H20N2O3S. The third kappa shape index (κ3) is 2.86. The predicted octanol–water partition coefficient (Wildman–Crippen LogP) is 2.78. The summed E-state index contributed by atoms with van der Waals surface area (Å²) in [5.41, 5.74) is 0.643. The van der Waals surface area contributed by atoms with E-state index in [-0.39, 0.29) is 11.8 Å². The molecule has 6 heteroatoms. The first-order valence-electron chi connectivity index (χ1n) is 8.33. The van der Waals surface area contributed by atoms with Gasteiger partial charge in [-0.1, -0.05) is 6.07 Å². The van der Waals surface area contributed by atoms with E-state index in [2.05, 4.69) is 6.07 Å². The van der Waals surface area contributed by atoms with Crippen molar-refractivity contribution in [2.24, 2.45) is 17.8 Å². The first kappa shape index (κ1) is 15.4. The summed E-state index contributed by atoms with van der Waals surface area (Å²) in [6.07, 6.45) is 4.12. The molecule has 0 aromatic carbocycles. The molecule has 4 rings (SSSR count). The summed E-state index contributed by atoms with van der Waals surface area (Å²) in [4.78, 5) is 27.4. The average molecular weight is 344 g/mol. The van der Waals surface area contributed by atoms with Crippen LogP contribution in [-0.2, 0) is 11.3 Å². The normalized spacial score (nSPS) is 23.6. The minimum Gasteiger partial charge on any atom is -0.481 e. The molecule has 2 atom stereocenters. The molecule has 1 aliphatic carbocycles. The number of amides is 1. The second-order valence-corrected chi connectivity index (χ2v) is 7.79. The van der Waals surface area contributed by atoms with Gasteiger partial charge in [-0.3, -0.25) is 9.59 Å². The van der Waals surface area contributed by atoms with Gasteiger partial charge in [-0.15, -0.1) is 11.3 Å². The van der Waals surface area contributed by atoms with Crippen LogP contribution in [0.3, 0.4) is 0 Å². The van der Waals surface area contributed by atoms with E-state index in [4.69, 9.17) is 0 Å². The summed E-state index contributed by atoms with van der Waals surface area (Å²) >= 11 is 1.67. The quantitative estimate of drug-likeness (QED) is 0.907. The fraction of sp³-hybridized carbons (Fsp3) is 0.444. The summed E-state index contributed by atoms with van der Waals surface area (Å²) in [6.45, 7) is 1.58.